The van der Waals surface area contributed by atoms with Gasteiger partial charge >= 0.3 is 0 Å². The summed E-state index contributed by atoms with van der Waals surface area (Å²) in [6.07, 6.45) is 0.871. The number of alkyl halides is 1. The van der Waals surface area contributed by atoms with Crippen LogP contribution in [0, 0.1) is 0 Å². The molecule has 0 aliphatic rings. The van der Waals surface area contributed by atoms with Crippen molar-refractivity contribution in [1.29, 1.82) is 0 Å². The van der Waals surface area contributed by atoms with Gasteiger partial charge in [0.2, 0.25) is 0 Å². The zero-order valence-corrected chi connectivity index (χ0v) is 9.70. The SMILES string of the molecule is FCCNc1ccccc1Cc1ccccc1. The van der Waals surface area contributed by atoms with E-state index in [1.165, 1.54) is 11.1 Å². The summed E-state index contributed by atoms with van der Waals surface area (Å²) in [6.45, 7) is 0.0193. The van der Waals surface area contributed by atoms with Gasteiger partial charge in [-0.3, -0.25) is 0 Å². The van der Waals surface area contributed by atoms with Crippen molar-refractivity contribution in [3.63, 3.8) is 0 Å². The Hall–Kier alpha value is -1.83. The van der Waals surface area contributed by atoms with E-state index >= 15 is 0 Å². The molecule has 0 amide bonds. The Bertz CT molecular complexity index is 453. The van der Waals surface area contributed by atoms with E-state index < -0.39 is 0 Å². The van der Waals surface area contributed by atoms with Crippen LogP contribution in [0.5, 0.6) is 0 Å². The average Bonchev–Trinajstić information content (AvgIpc) is 2.39. The van der Waals surface area contributed by atoms with Gasteiger partial charge in [-0.1, -0.05) is 48.5 Å². The number of para-hydroxylation sites is 1. The third-order valence-corrected chi connectivity index (χ3v) is 2.66. The number of hydrogen-bond donors (Lipinski definition) is 1. The van der Waals surface area contributed by atoms with Crippen molar-refractivity contribution in [3.05, 3.63) is 65.7 Å². The van der Waals surface area contributed by atoms with Gasteiger partial charge in [-0.05, 0) is 23.6 Å². The molecule has 0 aromatic heterocycles. The van der Waals surface area contributed by atoms with Crippen LogP contribution in [0.25, 0.3) is 0 Å². The highest BCUT2D eigenvalue weighted by molar-refractivity contribution is 5.52. The van der Waals surface area contributed by atoms with Crippen LogP contribution >= 0.6 is 0 Å². The fraction of sp³-hybridized carbons (Fsp3) is 0.200. The molecule has 2 aromatic rings. The Kier molecular flexibility index (Phi) is 4.14. The summed E-state index contributed by atoms with van der Waals surface area (Å²) in [5.41, 5.74) is 3.49. The van der Waals surface area contributed by atoms with E-state index in [0.29, 0.717) is 6.54 Å². The van der Waals surface area contributed by atoms with Crippen molar-refractivity contribution in [3.8, 4) is 0 Å². The van der Waals surface area contributed by atoms with Crippen LogP contribution in [-0.4, -0.2) is 13.2 Å². The molecule has 0 heterocycles. The molecule has 0 saturated carbocycles. The van der Waals surface area contributed by atoms with E-state index in [0.717, 1.165) is 12.1 Å². The van der Waals surface area contributed by atoms with Crippen LogP contribution in [0.15, 0.2) is 54.6 Å². The summed E-state index contributed by atoms with van der Waals surface area (Å²) < 4.78 is 12.2. The number of halogens is 1. The smallest absolute Gasteiger partial charge is 0.107 e. The molecule has 0 spiro atoms. The zero-order valence-electron chi connectivity index (χ0n) is 9.70. The standard InChI is InChI=1S/C15H16FN/c16-10-11-17-15-9-5-4-8-14(15)12-13-6-2-1-3-7-13/h1-9,17H,10-12H2. The van der Waals surface area contributed by atoms with Gasteiger partial charge in [0.15, 0.2) is 0 Å². The Morgan fingerprint density at radius 1 is 0.882 bits per heavy atom. The molecule has 0 fully saturated rings. The molecule has 2 aromatic carbocycles. The zero-order chi connectivity index (χ0) is 11.9. The number of hydrogen-bond acceptors (Lipinski definition) is 1. The molecule has 1 N–H and O–H groups in total. The Labute approximate surface area is 101 Å². The van der Waals surface area contributed by atoms with Crippen LogP contribution in [-0.2, 0) is 6.42 Å². The van der Waals surface area contributed by atoms with E-state index in [4.69, 9.17) is 0 Å². The van der Waals surface area contributed by atoms with Gasteiger partial charge in [0, 0.05) is 12.2 Å². The van der Waals surface area contributed by atoms with Crippen molar-refractivity contribution in [2.45, 2.75) is 6.42 Å². The van der Waals surface area contributed by atoms with Crippen molar-refractivity contribution >= 4 is 5.69 Å². The summed E-state index contributed by atoms with van der Waals surface area (Å²) in [5.74, 6) is 0. The minimum Gasteiger partial charge on any atom is -0.382 e. The maximum absolute atomic E-state index is 12.2. The van der Waals surface area contributed by atoms with Crippen LogP contribution < -0.4 is 5.32 Å². The number of nitrogens with one attached hydrogen (secondary N) is 1. The first kappa shape index (κ1) is 11.6. The fourth-order valence-electron chi connectivity index (χ4n) is 1.84. The predicted octanol–water partition coefficient (Wildman–Crippen LogP) is 3.66. The lowest BCUT2D eigenvalue weighted by molar-refractivity contribution is 0.512. The van der Waals surface area contributed by atoms with Gasteiger partial charge in [-0.2, -0.15) is 0 Å². The second-order valence-electron chi connectivity index (χ2n) is 3.94. The minimum absolute atomic E-state index is 0.348. The first-order chi connectivity index (χ1) is 8.40. The molecule has 0 radical (unpaired) electrons. The highest BCUT2D eigenvalue weighted by Crippen LogP contribution is 2.18. The van der Waals surface area contributed by atoms with Crippen molar-refractivity contribution in [1.82, 2.24) is 0 Å². The van der Waals surface area contributed by atoms with Gasteiger partial charge in [-0.25, -0.2) is 4.39 Å². The first-order valence-electron chi connectivity index (χ1n) is 5.82. The molecule has 0 saturated heterocycles. The van der Waals surface area contributed by atoms with Crippen molar-refractivity contribution < 1.29 is 4.39 Å². The number of rotatable bonds is 5. The average molecular weight is 229 g/mol. The normalized spacial score (nSPS) is 10.2. The van der Waals surface area contributed by atoms with Gasteiger partial charge in [-0.15, -0.1) is 0 Å². The summed E-state index contributed by atoms with van der Waals surface area (Å²) in [5, 5.41) is 3.11. The van der Waals surface area contributed by atoms with E-state index in [2.05, 4.69) is 23.5 Å². The largest absolute Gasteiger partial charge is 0.382 e. The molecule has 0 bridgehead atoms. The summed E-state index contributed by atoms with van der Waals surface area (Å²) in [6, 6.07) is 18.3. The second kappa shape index (κ2) is 6.04. The fourth-order valence-corrected chi connectivity index (χ4v) is 1.84. The van der Waals surface area contributed by atoms with Gasteiger partial charge in [0.05, 0.1) is 0 Å². The monoisotopic (exact) mass is 229 g/mol. The molecule has 0 aliphatic heterocycles. The molecule has 0 atom stereocenters. The third-order valence-electron chi connectivity index (χ3n) is 2.66. The highest BCUT2D eigenvalue weighted by atomic mass is 19.1. The molecule has 17 heavy (non-hydrogen) atoms. The van der Waals surface area contributed by atoms with E-state index in [1.807, 2.05) is 36.4 Å². The molecule has 0 aliphatic carbocycles. The van der Waals surface area contributed by atoms with E-state index in [9.17, 15) is 4.39 Å². The second-order valence-corrected chi connectivity index (χ2v) is 3.94. The number of anilines is 1. The minimum atomic E-state index is -0.348. The molecule has 2 rings (SSSR count). The Balaban J connectivity index is 2.15. The topological polar surface area (TPSA) is 12.0 Å². The van der Waals surface area contributed by atoms with Crippen LogP contribution in [0.3, 0.4) is 0 Å². The maximum atomic E-state index is 12.2. The lowest BCUT2D eigenvalue weighted by atomic mass is 10.0. The van der Waals surface area contributed by atoms with Gasteiger partial charge < -0.3 is 5.32 Å². The molecule has 1 nitrogen and oxygen atoms in total. The van der Waals surface area contributed by atoms with Crippen LogP contribution in [0.4, 0.5) is 10.1 Å². The quantitative estimate of drug-likeness (QED) is 0.825. The Morgan fingerprint density at radius 3 is 2.35 bits per heavy atom. The summed E-state index contributed by atoms with van der Waals surface area (Å²) in [4.78, 5) is 0. The summed E-state index contributed by atoms with van der Waals surface area (Å²) >= 11 is 0. The van der Waals surface area contributed by atoms with Crippen LogP contribution in [0.2, 0.25) is 0 Å². The maximum Gasteiger partial charge on any atom is 0.107 e. The lowest BCUT2D eigenvalue weighted by Gasteiger charge is -2.10. The lowest BCUT2D eigenvalue weighted by Crippen LogP contribution is -2.05. The van der Waals surface area contributed by atoms with Crippen LogP contribution in [0.1, 0.15) is 11.1 Å². The molecular weight excluding hydrogens is 213 g/mol. The third kappa shape index (κ3) is 3.31. The molecule has 88 valence electrons. The van der Waals surface area contributed by atoms with Gasteiger partial charge in [0.1, 0.15) is 6.67 Å². The summed E-state index contributed by atoms with van der Waals surface area (Å²) in [7, 11) is 0. The van der Waals surface area contributed by atoms with Gasteiger partial charge in [0.25, 0.3) is 0 Å². The molecule has 2 heteroatoms. The predicted molar refractivity (Wildman–Crippen MR) is 70.2 cm³/mol. The van der Waals surface area contributed by atoms with E-state index in [-0.39, 0.29) is 6.67 Å². The molecule has 0 unspecified atom stereocenters. The first-order valence-corrected chi connectivity index (χ1v) is 5.82. The number of benzene rings is 2. The Morgan fingerprint density at radius 2 is 1.59 bits per heavy atom. The highest BCUT2D eigenvalue weighted by Gasteiger charge is 2.01. The van der Waals surface area contributed by atoms with Crippen molar-refractivity contribution in [2.75, 3.05) is 18.5 Å². The van der Waals surface area contributed by atoms with E-state index in [1.54, 1.807) is 0 Å². The molecular formula is C15H16FN. The van der Waals surface area contributed by atoms with Crippen molar-refractivity contribution in [2.24, 2.45) is 0 Å².